The van der Waals surface area contributed by atoms with Crippen LogP contribution in [0.2, 0.25) is 0 Å². The predicted octanol–water partition coefficient (Wildman–Crippen LogP) is 1.57. The normalized spacial score (nSPS) is 25.6. The number of rotatable bonds is 11. The highest BCUT2D eigenvalue weighted by atomic mass is 32.2. The van der Waals surface area contributed by atoms with Gasteiger partial charge in [0, 0.05) is 60.1 Å². The van der Waals surface area contributed by atoms with E-state index in [4.69, 9.17) is 4.74 Å². The summed E-state index contributed by atoms with van der Waals surface area (Å²) in [6, 6.07) is 0.392. The third-order valence-electron chi connectivity index (χ3n) is 13.1. The lowest BCUT2D eigenvalue weighted by molar-refractivity contribution is -0.147. The van der Waals surface area contributed by atoms with Gasteiger partial charge in [-0.15, -0.1) is 11.8 Å². The maximum atomic E-state index is 14.6. The van der Waals surface area contributed by atoms with Crippen LogP contribution in [0.1, 0.15) is 106 Å². The van der Waals surface area contributed by atoms with Crippen LogP contribution in [0.4, 0.5) is 0 Å². The average molecular weight is 1040 g/mol. The monoisotopic (exact) mass is 1040 g/mol. The number of likely N-dealkylation sites (tertiary alicyclic amines) is 1. The molecule has 2 saturated heterocycles. The fourth-order valence-corrected chi connectivity index (χ4v) is 9.48. The molecule has 73 heavy (non-hydrogen) atoms. The van der Waals surface area contributed by atoms with Crippen molar-refractivity contribution in [3.8, 4) is 0 Å². The van der Waals surface area contributed by atoms with Gasteiger partial charge in [-0.1, -0.05) is 58.0 Å². The summed E-state index contributed by atoms with van der Waals surface area (Å²) in [5.74, 6) is -6.18. The van der Waals surface area contributed by atoms with Crippen LogP contribution in [0.3, 0.4) is 0 Å². The minimum absolute atomic E-state index is 0.00276. The molecule has 0 aliphatic carbocycles. The average Bonchev–Trinajstić information content (AvgIpc) is 3.33. The summed E-state index contributed by atoms with van der Waals surface area (Å²) in [4.78, 5) is 134. The highest BCUT2D eigenvalue weighted by molar-refractivity contribution is 8.00. The minimum atomic E-state index is -1.57. The van der Waals surface area contributed by atoms with E-state index < -0.39 is 108 Å². The number of hydrogen-bond acceptors (Lipinski definition) is 12. The van der Waals surface area contributed by atoms with Crippen LogP contribution in [-0.4, -0.2) is 203 Å². The zero-order valence-corrected chi connectivity index (χ0v) is 46.3. The molecule has 0 saturated carbocycles. The molecule has 0 unspecified atom stereocenters. The van der Waals surface area contributed by atoms with E-state index in [2.05, 4.69) is 21.3 Å². The molecule has 3 rings (SSSR count). The first-order valence-corrected chi connectivity index (χ1v) is 26.8. The largest absolute Gasteiger partial charge is 0.391 e. The number of benzene rings is 1. The molecule has 20 nitrogen and oxygen atoms in total. The molecule has 2 heterocycles. The van der Waals surface area contributed by atoms with E-state index in [-0.39, 0.29) is 61.5 Å². The second-order valence-corrected chi connectivity index (χ2v) is 22.4. The fourth-order valence-electron chi connectivity index (χ4n) is 8.52. The van der Waals surface area contributed by atoms with Crippen LogP contribution in [0, 0.1) is 11.8 Å². The molecular formula is C52H85N9O11S. The first kappa shape index (κ1) is 62.0. The molecular weight excluding hydrogens is 959 g/mol. The molecule has 21 heteroatoms. The molecule has 0 radical (unpaired) electrons. The van der Waals surface area contributed by atoms with Gasteiger partial charge >= 0.3 is 0 Å². The lowest BCUT2D eigenvalue weighted by atomic mass is 9.98. The van der Waals surface area contributed by atoms with Crippen molar-refractivity contribution in [2.45, 2.75) is 161 Å². The molecule has 8 atom stereocenters. The highest BCUT2D eigenvalue weighted by Gasteiger charge is 2.39. The summed E-state index contributed by atoms with van der Waals surface area (Å²) < 4.78 is 5.97. The Morgan fingerprint density at radius 3 is 1.84 bits per heavy atom. The molecule has 2 fully saturated rings. The van der Waals surface area contributed by atoms with E-state index in [0.717, 1.165) is 35.9 Å². The summed E-state index contributed by atoms with van der Waals surface area (Å²) in [7, 11) is 5.61. The van der Waals surface area contributed by atoms with Gasteiger partial charge in [-0.05, 0) is 90.5 Å². The number of carbonyl (C=O) groups is 9. The Hall–Kier alpha value is -5.28. The summed E-state index contributed by atoms with van der Waals surface area (Å²) in [5, 5.41) is 22.1. The number of likely N-dealkylation sites (N-methyl/N-ethyl adjacent to an activating group) is 4. The number of nitrogens with zero attached hydrogens (tertiary/aromatic N) is 5. The number of hydrogen-bond donors (Lipinski definition) is 5. The minimum Gasteiger partial charge on any atom is -0.391 e. The Labute approximate surface area is 437 Å². The lowest BCUT2D eigenvalue weighted by Crippen LogP contribution is -2.61. The quantitative estimate of drug-likeness (QED) is 0.212. The summed E-state index contributed by atoms with van der Waals surface area (Å²) in [6.07, 6.45) is 1.35. The third-order valence-corrected chi connectivity index (χ3v) is 14.1. The van der Waals surface area contributed by atoms with Crippen molar-refractivity contribution in [1.82, 2.24) is 45.8 Å². The Kier molecular flexibility index (Phi) is 24.6. The second-order valence-electron chi connectivity index (χ2n) is 21.4. The number of amides is 9. The lowest BCUT2D eigenvalue weighted by Gasteiger charge is -2.35. The topological polar surface area (TPSA) is 247 Å². The predicted molar refractivity (Wildman–Crippen MR) is 280 cm³/mol. The van der Waals surface area contributed by atoms with Crippen molar-refractivity contribution in [2.75, 3.05) is 65.9 Å². The smallest absolute Gasteiger partial charge is 0.248 e. The van der Waals surface area contributed by atoms with Crippen LogP contribution >= 0.6 is 11.8 Å². The fraction of sp³-hybridized carbons (Fsp3) is 0.712. The number of aliphatic hydroxyl groups excluding tert-OH is 1. The van der Waals surface area contributed by atoms with E-state index in [9.17, 15) is 48.3 Å². The number of carbonyl (C=O) groups excluding carboxylic acids is 9. The first-order valence-electron chi connectivity index (χ1n) is 25.6. The van der Waals surface area contributed by atoms with Crippen LogP contribution in [0.15, 0.2) is 30.3 Å². The van der Waals surface area contributed by atoms with Gasteiger partial charge in [0.1, 0.15) is 42.3 Å². The molecule has 5 N–H and O–H groups in total. The molecule has 410 valence electrons. The number of ether oxygens (including phenoxy) is 1. The Morgan fingerprint density at radius 1 is 0.712 bits per heavy atom. The van der Waals surface area contributed by atoms with Gasteiger partial charge in [0.25, 0.3) is 0 Å². The van der Waals surface area contributed by atoms with Gasteiger partial charge in [-0.3, -0.25) is 43.2 Å². The number of piperidine rings is 1. The SMILES string of the molecule is CC(C)C[C@H]1C(=O)N[C@@H](CCOC(C)(C)C)C(=O)N[C@H](C(=O)N2CCCCC2)CSCC(=O)N(C)[C@@H](C)C(=O)N[C@@H](Cc2ccccc2)C(=O)N(C)[C@@H](CC(C)C)C(=O)N[C@@H]([C@@H](C)O)C(=O)N(C)CC(=O)N1C. The van der Waals surface area contributed by atoms with Crippen molar-refractivity contribution in [3.05, 3.63) is 35.9 Å². The van der Waals surface area contributed by atoms with E-state index in [1.165, 1.54) is 56.7 Å². The van der Waals surface area contributed by atoms with Crippen LogP contribution in [-0.2, 0) is 54.3 Å². The number of aliphatic hydroxyl groups is 1. The van der Waals surface area contributed by atoms with E-state index >= 15 is 0 Å². The molecule has 9 amide bonds. The van der Waals surface area contributed by atoms with Crippen molar-refractivity contribution in [3.63, 3.8) is 0 Å². The summed E-state index contributed by atoms with van der Waals surface area (Å²) in [6.45, 7) is 16.2. The first-order chi connectivity index (χ1) is 34.1. The zero-order chi connectivity index (χ0) is 54.9. The van der Waals surface area contributed by atoms with Gasteiger partial charge in [0.05, 0.1) is 24.0 Å². The maximum absolute atomic E-state index is 14.6. The van der Waals surface area contributed by atoms with Crippen molar-refractivity contribution >= 4 is 64.9 Å². The number of nitrogens with one attached hydrogen (secondary N) is 4. The van der Waals surface area contributed by atoms with Crippen molar-refractivity contribution in [2.24, 2.45) is 11.8 Å². The standard InChI is InChI=1S/C52H85N9O11S/c1-32(2)26-40-47(67)53-37(22-25-72-52(7,8)9)46(66)55-39(50(70)61-23-18-15-19-24-61)30-73-31-43(64)58(11)34(5)45(65)54-38(28-36-20-16-14-17-21-36)49(69)60(13)41(27-33(3)4)48(68)56-44(35(6)62)51(71)57(10)29-42(63)59(40)12/h14,16-17,20-21,32-35,37-41,44,62H,15,18-19,22-31H2,1-13H3,(H,53,67)(H,54,65)(H,55,66)(H,56,68)/t34-,35+,37-,38-,39-,40-,41-,44-/m0/s1. The van der Waals surface area contributed by atoms with Gasteiger partial charge in [0.2, 0.25) is 53.2 Å². The molecule has 0 spiro atoms. The van der Waals surface area contributed by atoms with Gasteiger partial charge in [0.15, 0.2) is 0 Å². The molecule has 0 bridgehead atoms. The van der Waals surface area contributed by atoms with Crippen LogP contribution in [0.5, 0.6) is 0 Å². The number of thioether (sulfide) groups is 1. The van der Waals surface area contributed by atoms with Crippen LogP contribution in [0.25, 0.3) is 0 Å². The Balaban J connectivity index is 2.15. The van der Waals surface area contributed by atoms with E-state index in [0.29, 0.717) is 18.7 Å². The Bertz CT molecular complexity index is 2050. The van der Waals surface area contributed by atoms with Crippen molar-refractivity contribution < 1.29 is 53.0 Å². The van der Waals surface area contributed by atoms with Crippen molar-refractivity contribution in [1.29, 1.82) is 0 Å². The van der Waals surface area contributed by atoms with Gasteiger partial charge in [-0.2, -0.15) is 0 Å². The Morgan fingerprint density at radius 2 is 1.27 bits per heavy atom. The van der Waals surface area contributed by atoms with E-state index in [1.54, 1.807) is 35.2 Å². The summed E-state index contributed by atoms with van der Waals surface area (Å²) in [5.41, 5.74) is 0.106. The zero-order valence-electron chi connectivity index (χ0n) is 45.5. The molecule has 2 aliphatic rings. The summed E-state index contributed by atoms with van der Waals surface area (Å²) >= 11 is 1.09. The molecule has 1 aromatic carbocycles. The second kappa shape index (κ2) is 29.0. The highest BCUT2D eigenvalue weighted by Crippen LogP contribution is 2.19. The molecule has 2 aliphatic heterocycles. The maximum Gasteiger partial charge on any atom is 0.248 e. The van der Waals surface area contributed by atoms with Crippen LogP contribution < -0.4 is 21.3 Å². The molecule has 0 aromatic heterocycles. The third kappa shape index (κ3) is 19.5. The van der Waals surface area contributed by atoms with Gasteiger partial charge in [-0.25, -0.2) is 0 Å². The van der Waals surface area contributed by atoms with Gasteiger partial charge < -0.3 is 55.6 Å². The molecule has 1 aromatic rings. The van der Waals surface area contributed by atoms with E-state index in [1.807, 2.05) is 48.5 Å².